The first kappa shape index (κ1) is 21.6. The van der Waals surface area contributed by atoms with E-state index in [-0.39, 0.29) is 11.9 Å². The molecule has 166 valence electrons. The van der Waals surface area contributed by atoms with E-state index in [1.807, 2.05) is 55.5 Å². The molecule has 1 unspecified atom stereocenters. The fourth-order valence-corrected chi connectivity index (χ4v) is 3.86. The van der Waals surface area contributed by atoms with Crippen molar-refractivity contribution < 1.29 is 14.3 Å². The van der Waals surface area contributed by atoms with Gasteiger partial charge in [0, 0.05) is 30.4 Å². The number of aromatic nitrogens is 2. The van der Waals surface area contributed by atoms with Gasteiger partial charge in [0.15, 0.2) is 11.5 Å². The highest BCUT2D eigenvalue weighted by atomic mass is 16.5. The summed E-state index contributed by atoms with van der Waals surface area (Å²) in [6.45, 7) is 3.94. The number of nitrogens with one attached hydrogen (secondary N) is 1. The number of rotatable bonds is 7. The van der Waals surface area contributed by atoms with Gasteiger partial charge in [-0.2, -0.15) is 0 Å². The van der Waals surface area contributed by atoms with Gasteiger partial charge in [0.1, 0.15) is 0 Å². The molecule has 1 aliphatic rings. The lowest BCUT2D eigenvalue weighted by Gasteiger charge is -2.17. The Balaban J connectivity index is 1.45. The van der Waals surface area contributed by atoms with Crippen molar-refractivity contribution in [1.29, 1.82) is 0 Å². The van der Waals surface area contributed by atoms with Crippen LogP contribution in [-0.2, 0) is 0 Å². The molecule has 0 radical (unpaired) electrons. The Morgan fingerprint density at radius 1 is 1.00 bits per heavy atom. The highest BCUT2D eigenvalue weighted by Gasteiger charge is 2.16. The van der Waals surface area contributed by atoms with Gasteiger partial charge in [-0.1, -0.05) is 18.2 Å². The summed E-state index contributed by atoms with van der Waals surface area (Å²) < 4.78 is 10.6. The van der Waals surface area contributed by atoms with Gasteiger partial charge in [-0.05, 0) is 55.7 Å². The maximum atomic E-state index is 12.8. The average molecular weight is 433 g/mol. The Bertz CT molecular complexity index is 1080. The standard InChI is InChI=1S/C25H28N4O3/c1-17(20-10-11-22(31-2)23(16-20)32-3)27-24(30)19-8-6-18(7-9-19)21-12-13-26-25(28-21)29-14-4-5-15-29/h6-13,16-17H,4-5,14-15H2,1-3H3,(H,27,30). The predicted molar refractivity (Wildman–Crippen MR) is 124 cm³/mol. The maximum absolute atomic E-state index is 12.8. The van der Waals surface area contributed by atoms with E-state index >= 15 is 0 Å². The largest absolute Gasteiger partial charge is 0.493 e. The van der Waals surface area contributed by atoms with Gasteiger partial charge >= 0.3 is 0 Å². The molecule has 1 N–H and O–H groups in total. The van der Waals surface area contributed by atoms with Gasteiger partial charge < -0.3 is 19.7 Å². The van der Waals surface area contributed by atoms with E-state index < -0.39 is 0 Å². The molecule has 0 aliphatic carbocycles. The number of carbonyl (C=O) groups is 1. The van der Waals surface area contributed by atoms with Gasteiger partial charge in [-0.15, -0.1) is 0 Å². The number of nitrogens with zero attached hydrogens (tertiary/aromatic N) is 3. The van der Waals surface area contributed by atoms with E-state index in [0.717, 1.165) is 35.9 Å². The molecule has 1 saturated heterocycles. The lowest BCUT2D eigenvalue weighted by Crippen LogP contribution is -2.26. The van der Waals surface area contributed by atoms with Crippen LogP contribution in [0.25, 0.3) is 11.3 Å². The Morgan fingerprint density at radius 2 is 1.72 bits per heavy atom. The molecule has 1 aliphatic heterocycles. The second-order valence-corrected chi connectivity index (χ2v) is 7.82. The van der Waals surface area contributed by atoms with Crippen molar-refractivity contribution in [2.45, 2.75) is 25.8 Å². The van der Waals surface area contributed by atoms with Crippen LogP contribution >= 0.6 is 0 Å². The minimum absolute atomic E-state index is 0.140. The molecule has 0 bridgehead atoms. The number of hydrogen-bond acceptors (Lipinski definition) is 6. The van der Waals surface area contributed by atoms with Crippen molar-refractivity contribution >= 4 is 11.9 Å². The minimum atomic E-state index is -0.188. The van der Waals surface area contributed by atoms with Crippen LogP contribution in [0.2, 0.25) is 0 Å². The number of benzene rings is 2. The van der Waals surface area contributed by atoms with Crippen LogP contribution in [0.1, 0.15) is 41.7 Å². The predicted octanol–water partition coefficient (Wildman–Crippen LogP) is 4.25. The van der Waals surface area contributed by atoms with Gasteiger partial charge in [0.05, 0.1) is 26.0 Å². The van der Waals surface area contributed by atoms with E-state index in [1.54, 1.807) is 20.4 Å². The van der Waals surface area contributed by atoms with Crippen LogP contribution in [0.15, 0.2) is 54.7 Å². The Morgan fingerprint density at radius 3 is 2.41 bits per heavy atom. The molecular weight excluding hydrogens is 404 g/mol. The van der Waals surface area contributed by atoms with E-state index in [4.69, 9.17) is 14.5 Å². The van der Waals surface area contributed by atoms with Crippen LogP contribution < -0.4 is 19.7 Å². The molecule has 4 rings (SSSR count). The third-order valence-electron chi connectivity index (χ3n) is 5.73. The summed E-state index contributed by atoms with van der Waals surface area (Å²) in [7, 11) is 3.19. The third kappa shape index (κ3) is 4.66. The van der Waals surface area contributed by atoms with Crippen molar-refractivity contribution in [3.8, 4) is 22.8 Å². The Kier molecular flexibility index (Phi) is 6.54. The van der Waals surface area contributed by atoms with Crippen molar-refractivity contribution in [1.82, 2.24) is 15.3 Å². The zero-order valence-electron chi connectivity index (χ0n) is 18.7. The first-order chi connectivity index (χ1) is 15.6. The summed E-state index contributed by atoms with van der Waals surface area (Å²) >= 11 is 0. The molecule has 7 heteroatoms. The number of ether oxygens (including phenoxy) is 2. The molecular formula is C25H28N4O3. The molecule has 3 aromatic rings. The fraction of sp³-hybridized carbons (Fsp3) is 0.320. The Labute approximate surface area is 188 Å². The second kappa shape index (κ2) is 9.68. The van der Waals surface area contributed by atoms with Crippen molar-refractivity contribution in [3.05, 3.63) is 65.9 Å². The third-order valence-corrected chi connectivity index (χ3v) is 5.73. The molecule has 7 nitrogen and oxygen atoms in total. The number of anilines is 1. The minimum Gasteiger partial charge on any atom is -0.493 e. The fourth-order valence-electron chi connectivity index (χ4n) is 3.86. The summed E-state index contributed by atoms with van der Waals surface area (Å²) in [5.41, 5.74) is 3.34. The van der Waals surface area contributed by atoms with Gasteiger partial charge in [0.25, 0.3) is 5.91 Å². The quantitative estimate of drug-likeness (QED) is 0.601. The smallest absolute Gasteiger partial charge is 0.251 e. The average Bonchev–Trinajstić information content (AvgIpc) is 3.39. The zero-order chi connectivity index (χ0) is 22.5. The first-order valence-electron chi connectivity index (χ1n) is 10.8. The van der Waals surface area contributed by atoms with Crippen molar-refractivity contribution in [3.63, 3.8) is 0 Å². The number of carbonyl (C=O) groups excluding carboxylic acids is 1. The summed E-state index contributed by atoms with van der Waals surface area (Å²) in [4.78, 5) is 24.1. The van der Waals surface area contributed by atoms with Crippen molar-refractivity contribution in [2.24, 2.45) is 0 Å². The molecule has 32 heavy (non-hydrogen) atoms. The molecule has 2 heterocycles. The van der Waals surface area contributed by atoms with Gasteiger partial charge in [0.2, 0.25) is 5.95 Å². The normalized spacial score (nSPS) is 14.2. The summed E-state index contributed by atoms with van der Waals surface area (Å²) in [6.07, 6.45) is 4.15. The van der Waals surface area contributed by atoms with E-state index in [0.29, 0.717) is 17.1 Å². The molecule has 1 aromatic heterocycles. The molecule has 1 amide bonds. The van der Waals surface area contributed by atoms with Crippen LogP contribution in [0.5, 0.6) is 11.5 Å². The van der Waals surface area contributed by atoms with Crippen molar-refractivity contribution in [2.75, 3.05) is 32.2 Å². The lowest BCUT2D eigenvalue weighted by molar-refractivity contribution is 0.0940. The van der Waals surface area contributed by atoms with Crippen LogP contribution in [0.3, 0.4) is 0 Å². The van der Waals surface area contributed by atoms with Crippen LogP contribution in [0, 0.1) is 0 Å². The summed E-state index contributed by atoms with van der Waals surface area (Å²) in [6, 6.07) is 14.8. The molecule has 0 saturated carbocycles. The van der Waals surface area contributed by atoms with E-state index in [2.05, 4.69) is 15.2 Å². The highest BCUT2D eigenvalue weighted by Crippen LogP contribution is 2.30. The summed E-state index contributed by atoms with van der Waals surface area (Å²) in [5.74, 6) is 1.92. The molecule has 1 atom stereocenters. The first-order valence-corrected chi connectivity index (χ1v) is 10.8. The van der Waals surface area contributed by atoms with Gasteiger partial charge in [-0.3, -0.25) is 4.79 Å². The monoisotopic (exact) mass is 432 g/mol. The molecule has 1 fully saturated rings. The molecule has 0 spiro atoms. The van der Waals surface area contributed by atoms with E-state index in [9.17, 15) is 4.79 Å². The number of amides is 1. The number of methoxy groups -OCH3 is 2. The Hall–Kier alpha value is -3.61. The lowest BCUT2D eigenvalue weighted by atomic mass is 10.1. The zero-order valence-corrected chi connectivity index (χ0v) is 18.7. The highest BCUT2D eigenvalue weighted by molar-refractivity contribution is 5.94. The topological polar surface area (TPSA) is 76.6 Å². The maximum Gasteiger partial charge on any atom is 0.251 e. The van der Waals surface area contributed by atoms with Crippen LogP contribution in [-0.4, -0.2) is 43.2 Å². The van der Waals surface area contributed by atoms with Gasteiger partial charge in [-0.25, -0.2) is 9.97 Å². The number of hydrogen-bond donors (Lipinski definition) is 1. The van der Waals surface area contributed by atoms with Crippen LogP contribution in [0.4, 0.5) is 5.95 Å². The molecule has 2 aromatic carbocycles. The van der Waals surface area contributed by atoms with E-state index in [1.165, 1.54) is 12.8 Å². The summed E-state index contributed by atoms with van der Waals surface area (Å²) in [5, 5.41) is 3.04. The SMILES string of the molecule is COc1ccc(C(C)NC(=O)c2ccc(-c3ccnc(N4CCCC4)n3)cc2)cc1OC. The second-order valence-electron chi connectivity index (χ2n) is 7.82.